The molecule has 0 spiro atoms. The number of likely N-dealkylation sites (tertiary alicyclic amines) is 1. The molecule has 2 N–H and O–H groups in total. The topological polar surface area (TPSA) is 42.9 Å². The van der Waals surface area contributed by atoms with E-state index in [2.05, 4.69) is 53.1 Å². The number of guanidine groups is 1. The fourth-order valence-electron chi connectivity index (χ4n) is 3.58. The zero-order valence-electron chi connectivity index (χ0n) is 16.1. The van der Waals surface area contributed by atoms with Crippen LogP contribution < -0.4 is 10.6 Å². The van der Waals surface area contributed by atoms with Crippen LogP contribution in [0.5, 0.6) is 0 Å². The van der Waals surface area contributed by atoms with Crippen molar-refractivity contribution in [2.24, 2.45) is 4.99 Å². The van der Waals surface area contributed by atoms with E-state index in [0.717, 1.165) is 44.7 Å². The summed E-state index contributed by atoms with van der Waals surface area (Å²) in [5.41, 5.74) is 0. The molecule has 0 aliphatic carbocycles. The quantitative estimate of drug-likeness (QED) is 0.503. The highest BCUT2D eigenvalue weighted by Crippen LogP contribution is 2.18. The smallest absolute Gasteiger partial charge is 0.191 e. The fourth-order valence-corrected chi connectivity index (χ4v) is 3.58. The fraction of sp³-hybridized carbons (Fsp3) is 0.944. The van der Waals surface area contributed by atoms with Crippen molar-refractivity contribution in [3.05, 3.63) is 0 Å². The van der Waals surface area contributed by atoms with Crippen LogP contribution in [0.1, 0.15) is 53.4 Å². The molecule has 5 heteroatoms. The van der Waals surface area contributed by atoms with Crippen molar-refractivity contribution >= 4 is 5.96 Å². The summed E-state index contributed by atoms with van der Waals surface area (Å²) in [6, 6.07) is 1.30. The zero-order chi connectivity index (χ0) is 17.1. The molecule has 0 bridgehead atoms. The minimum atomic E-state index is 0.523. The van der Waals surface area contributed by atoms with Gasteiger partial charge in [0.15, 0.2) is 5.96 Å². The Balaban J connectivity index is 2.28. The molecular weight excluding hydrogens is 286 g/mol. The molecule has 2 atom stereocenters. The molecular formula is C18H39N5. The lowest BCUT2D eigenvalue weighted by Gasteiger charge is -2.35. The van der Waals surface area contributed by atoms with Crippen molar-refractivity contribution in [2.45, 2.75) is 65.5 Å². The van der Waals surface area contributed by atoms with Gasteiger partial charge in [0.05, 0.1) is 0 Å². The van der Waals surface area contributed by atoms with Crippen molar-refractivity contribution < 1.29 is 0 Å². The molecule has 1 saturated heterocycles. The Bertz CT molecular complexity index is 327. The van der Waals surface area contributed by atoms with Crippen LogP contribution in [0.4, 0.5) is 0 Å². The maximum atomic E-state index is 4.35. The average molecular weight is 326 g/mol. The van der Waals surface area contributed by atoms with E-state index < -0.39 is 0 Å². The average Bonchev–Trinajstić information content (AvgIpc) is 2.59. The van der Waals surface area contributed by atoms with Crippen LogP contribution in [0.3, 0.4) is 0 Å². The lowest BCUT2D eigenvalue weighted by Crippen LogP contribution is -2.48. The summed E-state index contributed by atoms with van der Waals surface area (Å²) in [4.78, 5) is 9.45. The number of aliphatic imine (C=N–C) groups is 1. The van der Waals surface area contributed by atoms with E-state index in [-0.39, 0.29) is 0 Å². The van der Waals surface area contributed by atoms with Crippen molar-refractivity contribution in [3.63, 3.8) is 0 Å². The number of likely N-dealkylation sites (N-methyl/N-ethyl adjacent to an activating group) is 1. The number of piperidine rings is 1. The van der Waals surface area contributed by atoms with Gasteiger partial charge in [-0.05, 0) is 45.8 Å². The van der Waals surface area contributed by atoms with Crippen LogP contribution in [0.15, 0.2) is 4.99 Å². The lowest BCUT2D eigenvalue weighted by molar-refractivity contribution is 0.147. The Morgan fingerprint density at radius 3 is 2.57 bits per heavy atom. The van der Waals surface area contributed by atoms with Crippen LogP contribution in [0, 0.1) is 0 Å². The van der Waals surface area contributed by atoms with Crippen LogP contribution in [0.2, 0.25) is 0 Å². The minimum absolute atomic E-state index is 0.523. The summed E-state index contributed by atoms with van der Waals surface area (Å²) in [6.07, 6.45) is 5.39. The standard InChI is InChI=1S/C18H39N5/c1-6-17-11-9-10-13-23(17)14-12-20-18(19-5)21-15-16(4)22(7-2)8-3/h16-17H,6-15H2,1-5H3,(H2,19,20,21). The Morgan fingerprint density at radius 2 is 1.96 bits per heavy atom. The van der Waals surface area contributed by atoms with Gasteiger partial charge < -0.3 is 10.6 Å². The van der Waals surface area contributed by atoms with Crippen LogP contribution in [-0.4, -0.2) is 74.2 Å². The Hall–Kier alpha value is -0.810. The Labute approximate surface area is 143 Å². The summed E-state index contributed by atoms with van der Waals surface area (Å²) < 4.78 is 0. The molecule has 1 aliphatic rings. The molecule has 0 radical (unpaired) electrons. The molecule has 2 unspecified atom stereocenters. The Kier molecular flexibility index (Phi) is 10.3. The molecule has 1 aliphatic heterocycles. The van der Waals surface area contributed by atoms with Crippen molar-refractivity contribution in [2.75, 3.05) is 46.3 Å². The van der Waals surface area contributed by atoms with Crippen molar-refractivity contribution in [1.82, 2.24) is 20.4 Å². The molecule has 0 saturated carbocycles. The van der Waals surface area contributed by atoms with Crippen molar-refractivity contribution in [3.8, 4) is 0 Å². The third-order valence-electron chi connectivity index (χ3n) is 5.14. The summed E-state index contributed by atoms with van der Waals surface area (Å²) in [7, 11) is 1.85. The predicted octanol–water partition coefficient (Wildman–Crippen LogP) is 2.15. The van der Waals surface area contributed by atoms with Gasteiger partial charge in [0.25, 0.3) is 0 Å². The summed E-state index contributed by atoms with van der Waals surface area (Å²) in [5.74, 6) is 0.925. The third kappa shape index (κ3) is 7.08. The monoisotopic (exact) mass is 325 g/mol. The zero-order valence-corrected chi connectivity index (χ0v) is 16.1. The van der Waals surface area contributed by atoms with Crippen molar-refractivity contribution in [1.29, 1.82) is 0 Å². The first kappa shape index (κ1) is 20.2. The lowest BCUT2D eigenvalue weighted by atomic mass is 10.0. The van der Waals surface area contributed by atoms with Gasteiger partial charge in [-0.2, -0.15) is 0 Å². The van der Waals surface area contributed by atoms with Gasteiger partial charge in [0.2, 0.25) is 0 Å². The van der Waals surface area contributed by atoms with E-state index in [1.54, 1.807) is 0 Å². The summed E-state index contributed by atoms with van der Waals surface area (Å²) >= 11 is 0. The first-order valence-corrected chi connectivity index (χ1v) is 9.58. The molecule has 0 aromatic carbocycles. The highest BCUT2D eigenvalue weighted by atomic mass is 15.2. The molecule has 0 amide bonds. The van der Waals surface area contributed by atoms with Gasteiger partial charge in [0.1, 0.15) is 0 Å². The van der Waals surface area contributed by atoms with Gasteiger partial charge in [-0.15, -0.1) is 0 Å². The second kappa shape index (κ2) is 11.7. The molecule has 5 nitrogen and oxygen atoms in total. The highest BCUT2D eigenvalue weighted by Gasteiger charge is 2.20. The molecule has 1 heterocycles. The van der Waals surface area contributed by atoms with E-state index >= 15 is 0 Å². The number of hydrogen-bond acceptors (Lipinski definition) is 3. The first-order chi connectivity index (χ1) is 11.2. The molecule has 0 aromatic rings. The van der Waals surface area contributed by atoms with E-state index in [9.17, 15) is 0 Å². The highest BCUT2D eigenvalue weighted by molar-refractivity contribution is 5.79. The maximum absolute atomic E-state index is 4.35. The second-order valence-corrected chi connectivity index (χ2v) is 6.54. The number of hydrogen-bond donors (Lipinski definition) is 2. The van der Waals surface area contributed by atoms with E-state index in [1.165, 1.54) is 32.2 Å². The molecule has 1 rings (SSSR count). The first-order valence-electron chi connectivity index (χ1n) is 9.58. The van der Waals surface area contributed by atoms with Gasteiger partial charge in [0, 0.05) is 38.8 Å². The molecule has 1 fully saturated rings. The van der Waals surface area contributed by atoms with Crippen LogP contribution in [-0.2, 0) is 0 Å². The minimum Gasteiger partial charge on any atom is -0.355 e. The number of rotatable bonds is 9. The van der Waals surface area contributed by atoms with E-state index in [1.807, 2.05) is 7.05 Å². The van der Waals surface area contributed by atoms with Gasteiger partial charge in [-0.3, -0.25) is 14.8 Å². The molecule has 23 heavy (non-hydrogen) atoms. The number of nitrogens with one attached hydrogen (secondary N) is 2. The van der Waals surface area contributed by atoms with E-state index in [0.29, 0.717) is 6.04 Å². The predicted molar refractivity (Wildman–Crippen MR) is 101 cm³/mol. The Morgan fingerprint density at radius 1 is 1.22 bits per heavy atom. The van der Waals surface area contributed by atoms with Gasteiger partial charge >= 0.3 is 0 Å². The normalized spacial score (nSPS) is 21.5. The van der Waals surface area contributed by atoms with E-state index in [4.69, 9.17) is 0 Å². The molecule has 136 valence electrons. The third-order valence-corrected chi connectivity index (χ3v) is 5.14. The number of nitrogens with zero attached hydrogens (tertiary/aromatic N) is 3. The summed E-state index contributed by atoms with van der Waals surface area (Å²) in [6.45, 7) is 15.5. The largest absolute Gasteiger partial charge is 0.355 e. The van der Waals surface area contributed by atoms with Crippen LogP contribution in [0.25, 0.3) is 0 Å². The SMILES string of the molecule is CCC1CCCCN1CCNC(=NC)NCC(C)N(CC)CC. The maximum Gasteiger partial charge on any atom is 0.191 e. The van der Waals surface area contributed by atoms with Gasteiger partial charge in [-0.1, -0.05) is 27.2 Å². The van der Waals surface area contributed by atoms with Gasteiger partial charge in [-0.25, -0.2) is 0 Å². The van der Waals surface area contributed by atoms with Crippen LogP contribution >= 0.6 is 0 Å². The summed E-state index contributed by atoms with van der Waals surface area (Å²) in [5, 5.41) is 6.93. The second-order valence-electron chi connectivity index (χ2n) is 6.54. The molecule has 0 aromatic heterocycles.